The number of hydrogen-bond acceptors (Lipinski definition) is 5. The molecular formula is C15H22N4O2. The van der Waals surface area contributed by atoms with Gasteiger partial charge in [0, 0.05) is 18.6 Å². The third-order valence-corrected chi connectivity index (χ3v) is 5.21. The second-order valence-corrected chi connectivity index (χ2v) is 6.21. The lowest BCUT2D eigenvalue weighted by Gasteiger charge is -2.44. The molecule has 2 aliphatic heterocycles. The van der Waals surface area contributed by atoms with Crippen LogP contribution in [0.5, 0.6) is 0 Å². The van der Waals surface area contributed by atoms with Crippen LogP contribution in [0.15, 0.2) is 18.2 Å². The van der Waals surface area contributed by atoms with E-state index in [1.807, 2.05) is 6.07 Å². The highest BCUT2D eigenvalue weighted by atomic mass is 16.6. The Balaban J connectivity index is 1.82. The van der Waals surface area contributed by atoms with E-state index in [2.05, 4.69) is 16.8 Å². The standard InChI is InChI=1S/C15H22N4O2/c1-17-9-3-6-15(17)7-10-18(11-8-15)13-5-2-4-12(16)14(13)19(20)21/h2,4-5H,3,6-11,16H2,1H3. The lowest BCUT2D eigenvalue weighted by Crippen LogP contribution is -2.50. The highest BCUT2D eigenvalue weighted by molar-refractivity contribution is 5.75. The minimum absolute atomic E-state index is 0.0493. The van der Waals surface area contributed by atoms with E-state index in [0.717, 1.165) is 25.9 Å². The summed E-state index contributed by atoms with van der Waals surface area (Å²) in [7, 11) is 2.20. The number of benzene rings is 1. The predicted octanol–water partition coefficient (Wildman–Crippen LogP) is 2.24. The van der Waals surface area contributed by atoms with Gasteiger partial charge in [0.2, 0.25) is 0 Å². The summed E-state index contributed by atoms with van der Waals surface area (Å²) in [5.41, 5.74) is 7.06. The molecule has 0 saturated carbocycles. The number of para-hydroxylation sites is 1. The maximum absolute atomic E-state index is 11.3. The molecule has 1 aromatic rings. The molecule has 0 amide bonds. The zero-order valence-corrected chi connectivity index (χ0v) is 12.4. The van der Waals surface area contributed by atoms with Crippen LogP contribution < -0.4 is 10.6 Å². The number of nitro groups is 1. The molecule has 1 aromatic carbocycles. The van der Waals surface area contributed by atoms with E-state index in [4.69, 9.17) is 5.73 Å². The van der Waals surface area contributed by atoms with Crippen LogP contribution in [0.1, 0.15) is 25.7 Å². The molecule has 6 heteroatoms. The van der Waals surface area contributed by atoms with Crippen molar-refractivity contribution in [2.45, 2.75) is 31.2 Å². The first-order valence-corrected chi connectivity index (χ1v) is 7.53. The van der Waals surface area contributed by atoms with Crippen molar-refractivity contribution in [1.29, 1.82) is 0 Å². The molecule has 2 fully saturated rings. The Morgan fingerprint density at radius 2 is 1.95 bits per heavy atom. The van der Waals surface area contributed by atoms with Gasteiger partial charge in [0.05, 0.1) is 4.92 Å². The van der Waals surface area contributed by atoms with Gasteiger partial charge in [-0.1, -0.05) is 6.07 Å². The SMILES string of the molecule is CN1CCCC12CCN(c1cccc(N)c1[N+](=O)[O-])CC2. The van der Waals surface area contributed by atoms with Crippen molar-refractivity contribution >= 4 is 17.1 Å². The molecule has 6 nitrogen and oxygen atoms in total. The van der Waals surface area contributed by atoms with E-state index in [-0.39, 0.29) is 16.3 Å². The summed E-state index contributed by atoms with van der Waals surface area (Å²) in [6, 6.07) is 5.20. The average Bonchev–Trinajstić information content (AvgIpc) is 2.80. The first-order valence-electron chi connectivity index (χ1n) is 7.53. The number of nitrogens with zero attached hydrogens (tertiary/aromatic N) is 3. The molecular weight excluding hydrogens is 268 g/mol. The Hall–Kier alpha value is -1.82. The van der Waals surface area contributed by atoms with E-state index in [1.165, 1.54) is 19.4 Å². The normalized spacial score (nSPS) is 21.9. The maximum atomic E-state index is 11.3. The predicted molar refractivity (Wildman–Crippen MR) is 83.6 cm³/mol. The number of likely N-dealkylation sites (tertiary alicyclic amines) is 1. The minimum atomic E-state index is -0.364. The van der Waals surface area contributed by atoms with E-state index in [1.54, 1.807) is 12.1 Å². The van der Waals surface area contributed by atoms with Crippen LogP contribution in [-0.2, 0) is 0 Å². The molecule has 3 rings (SSSR count). The Morgan fingerprint density at radius 1 is 1.24 bits per heavy atom. The highest BCUT2D eigenvalue weighted by Crippen LogP contribution is 2.41. The summed E-state index contributed by atoms with van der Waals surface area (Å²) in [6.45, 7) is 2.88. The molecule has 1 spiro atoms. The van der Waals surface area contributed by atoms with Crippen LogP contribution in [0.25, 0.3) is 0 Å². The van der Waals surface area contributed by atoms with Crippen LogP contribution in [-0.4, -0.2) is 42.0 Å². The Labute approximate surface area is 124 Å². The largest absolute Gasteiger partial charge is 0.393 e. The molecule has 0 unspecified atom stereocenters. The van der Waals surface area contributed by atoms with Gasteiger partial charge in [0.15, 0.2) is 0 Å². The molecule has 2 saturated heterocycles. The van der Waals surface area contributed by atoms with Crippen molar-refractivity contribution in [1.82, 2.24) is 4.90 Å². The smallest absolute Gasteiger partial charge is 0.315 e. The molecule has 0 radical (unpaired) electrons. The van der Waals surface area contributed by atoms with Gasteiger partial charge in [0.25, 0.3) is 0 Å². The molecule has 114 valence electrons. The van der Waals surface area contributed by atoms with Crippen LogP contribution in [0, 0.1) is 10.1 Å². The second-order valence-electron chi connectivity index (χ2n) is 6.21. The Bertz CT molecular complexity index is 553. The number of hydrogen-bond donors (Lipinski definition) is 1. The second kappa shape index (κ2) is 5.18. The fourth-order valence-corrected chi connectivity index (χ4v) is 3.87. The first kappa shape index (κ1) is 14.1. The van der Waals surface area contributed by atoms with Crippen molar-refractivity contribution in [2.75, 3.05) is 37.3 Å². The van der Waals surface area contributed by atoms with Crippen LogP contribution in [0.2, 0.25) is 0 Å². The van der Waals surface area contributed by atoms with Gasteiger partial charge in [-0.2, -0.15) is 0 Å². The molecule has 0 bridgehead atoms. The van der Waals surface area contributed by atoms with Gasteiger partial charge in [0.1, 0.15) is 11.4 Å². The van der Waals surface area contributed by atoms with Gasteiger partial charge < -0.3 is 15.5 Å². The summed E-state index contributed by atoms with van der Waals surface area (Å²) in [4.78, 5) is 15.5. The van der Waals surface area contributed by atoms with Gasteiger partial charge in [-0.05, 0) is 51.4 Å². The summed E-state index contributed by atoms with van der Waals surface area (Å²) in [5, 5.41) is 11.3. The number of nitro benzene ring substituents is 1. The van der Waals surface area contributed by atoms with E-state index < -0.39 is 0 Å². The van der Waals surface area contributed by atoms with Gasteiger partial charge in [-0.25, -0.2) is 0 Å². The Morgan fingerprint density at radius 3 is 2.52 bits per heavy atom. The summed E-state index contributed by atoms with van der Waals surface area (Å²) >= 11 is 0. The molecule has 2 heterocycles. The van der Waals surface area contributed by atoms with Crippen LogP contribution >= 0.6 is 0 Å². The van der Waals surface area contributed by atoms with Gasteiger partial charge in [-0.15, -0.1) is 0 Å². The van der Waals surface area contributed by atoms with Crippen LogP contribution in [0.3, 0.4) is 0 Å². The van der Waals surface area contributed by atoms with Crippen LogP contribution in [0.4, 0.5) is 17.1 Å². The zero-order valence-electron chi connectivity index (χ0n) is 12.4. The zero-order chi connectivity index (χ0) is 15.0. The van der Waals surface area contributed by atoms with Crippen molar-refractivity contribution in [3.8, 4) is 0 Å². The number of anilines is 2. The number of nitrogen functional groups attached to an aromatic ring is 1. The first-order chi connectivity index (χ1) is 10.0. The topological polar surface area (TPSA) is 75.6 Å². The third kappa shape index (κ3) is 2.33. The van der Waals surface area contributed by atoms with E-state index in [0.29, 0.717) is 11.2 Å². The monoisotopic (exact) mass is 290 g/mol. The molecule has 0 aliphatic carbocycles. The minimum Gasteiger partial charge on any atom is -0.393 e. The van der Waals surface area contributed by atoms with Gasteiger partial charge >= 0.3 is 5.69 Å². The van der Waals surface area contributed by atoms with Gasteiger partial charge in [-0.3, -0.25) is 10.1 Å². The Kier molecular flexibility index (Phi) is 3.49. The molecule has 2 aliphatic rings. The lowest BCUT2D eigenvalue weighted by molar-refractivity contribution is -0.383. The van der Waals surface area contributed by atoms with Crippen molar-refractivity contribution < 1.29 is 4.92 Å². The molecule has 0 atom stereocenters. The summed E-state index contributed by atoms with van der Waals surface area (Å²) in [5.74, 6) is 0. The fraction of sp³-hybridized carbons (Fsp3) is 0.600. The molecule has 2 N–H and O–H groups in total. The maximum Gasteiger partial charge on any atom is 0.315 e. The van der Waals surface area contributed by atoms with E-state index >= 15 is 0 Å². The lowest BCUT2D eigenvalue weighted by atomic mass is 9.85. The number of piperidine rings is 1. The molecule has 0 aromatic heterocycles. The average molecular weight is 290 g/mol. The summed E-state index contributed by atoms with van der Waals surface area (Å²) < 4.78 is 0. The van der Waals surface area contributed by atoms with Crippen molar-refractivity contribution in [2.24, 2.45) is 0 Å². The quantitative estimate of drug-likeness (QED) is 0.513. The summed E-state index contributed by atoms with van der Waals surface area (Å²) in [6.07, 6.45) is 4.64. The fourth-order valence-electron chi connectivity index (χ4n) is 3.87. The number of nitrogens with two attached hydrogens (primary N) is 1. The third-order valence-electron chi connectivity index (χ3n) is 5.21. The highest BCUT2D eigenvalue weighted by Gasteiger charge is 2.41. The van der Waals surface area contributed by atoms with Crippen molar-refractivity contribution in [3.63, 3.8) is 0 Å². The number of rotatable bonds is 2. The van der Waals surface area contributed by atoms with Crippen molar-refractivity contribution in [3.05, 3.63) is 28.3 Å². The van der Waals surface area contributed by atoms with E-state index in [9.17, 15) is 10.1 Å². The molecule has 21 heavy (non-hydrogen) atoms.